The molecule has 0 spiro atoms. The fourth-order valence-corrected chi connectivity index (χ4v) is 10.5. The molecule has 2 nitrogen and oxygen atoms in total. The van der Waals surface area contributed by atoms with Crippen LogP contribution in [-0.2, 0) is 0 Å². The summed E-state index contributed by atoms with van der Waals surface area (Å²) < 4.78 is 0. The molecule has 1 aromatic carbocycles. The molecule has 1 aromatic rings. The fourth-order valence-electron chi connectivity index (χ4n) is 10.5. The minimum absolute atomic E-state index is 0.158. The first-order valence-corrected chi connectivity index (χ1v) is 14.3. The molecular weight excluding hydrogens is 414 g/mol. The first-order chi connectivity index (χ1) is 16.4. The smallest absolute Gasteiger partial charge is 0.115 e. The fraction of sp³-hybridized carbons (Fsp3) is 0.688. The molecule has 34 heavy (non-hydrogen) atoms. The van der Waals surface area contributed by atoms with Crippen LogP contribution in [0.5, 0.6) is 0 Å². The number of hydrogen-bond donors (Lipinski definition) is 2. The molecule has 5 aliphatic carbocycles. The van der Waals surface area contributed by atoms with E-state index in [1.807, 2.05) is 12.1 Å². The summed E-state index contributed by atoms with van der Waals surface area (Å²) in [7, 11) is 2.25. The third-order valence-electron chi connectivity index (χ3n) is 12.1. The maximum absolute atomic E-state index is 9.72. The molecule has 9 atom stereocenters. The Kier molecular flexibility index (Phi) is 5.56. The van der Waals surface area contributed by atoms with Crippen molar-refractivity contribution in [1.82, 2.24) is 5.32 Å². The quantitative estimate of drug-likeness (QED) is 0.451. The van der Waals surface area contributed by atoms with Crippen LogP contribution in [0.1, 0.15) is 89.2 Å². The number of aliphatic hydroxyl groups excluding tert-OH is 1. The van der Waals surface area contributed by atoms with E-state index in [0.29, 0.717) is 16.9 Å². The Morgan fingerprint density at radius 2 is 1.62 bits per heavy atom. The highest BCUT2D eigenvalue weighted by Gasteiger charge is 2.59. The van der Waals surface area contributed by atoms with Crippen molar-refractivity contribution in [2.75, 3.05) is 7.05 Å². The van der Waals surface area contributed by atoms with E-state index in [2.05, 4.69) is 51.0 Å². The average Bonchev–Trinajstić information content (AvgIpc) is 3.29. The lowest BCUT2D eigenvalue weighted by atomic mass is 9.43. The normalized spacial score (nSPS) is 45.4. The van der Waals surface area contributed by atoms with Gasteiger partial charge >= 0.3 is 0 Å². The van der Waals surface area contributed by atoms with Gasteiger partial charge in [0.15, 0.2) is 0 Å². The van der Waals surface area contributed by atoms with Crippen molar-refractivity contribution in [2.24, 2.45) is 46.8 Å². The Hall–Kier alpha value is -1.54. The highest BCUT2D eigenvalue weighted by Crippen LogP contribution is 2.66. The molecule has 0 amide bonds. The van der Waals surface area contributed by atoms with Gasteiger partial charge in [0, 0.05) is 11.1 Å². The van der Waals surface area contributed by atoms with Crippen molar-refractivity contribution in [3.63, 3.8) is 0 Å². The second-order valence-corrected chi connectivity index (χ2v) is 13.0. The Balaban J connectivity index is 1.25. The highest BCUT2D eigenvalue weighted by atomic mass is 16.3. The summed E-state index contributed by atoms with van der Waals surface area (Å²) in [6.07, 6.45) is 16.9. The highest BCUT2D eigenvalue weighted by molar-refractivity contribution is 5.70. The monoisotopic (exact) mass is 459 g/mol. The number of rotatable bonds is 3. The number of hydrogen-bond acceptors (Lipinski definition) is 2. The third kappa shape index (κ3) is 3.23. The van der Waals surface area contributed by atoms with Crippen LogP contribution in [0.4, 0.5) is 0 Å². The Morgan fingerprint density at radius 1 is 0.912 bits per heavy atom. The molecule has 4 saturated carbocycles. The molecule has 2 N–H and O–H groups in total. The van der Waals surface area contributed by atoms with Crippen molar-refractivity contribution in [3.05, 3.63) is 48.0 Å². The predicted octanol–water partition coefficient (Wildman–Crippen LogP) is 7.87. The lowest BCUT2D eigenvalue weighted by Crippen LogP contribution is -2.59. The molecular formula is C32H45NO. The zero-order chi connectivity index (χ0) is 23.7. The number of benzene rings is 1. The molecule has 0 aliphatic heterocycles. The van der Waals surface area contributed by atoms with Crippen LogP contribution in [0.2, 0.25) is 0 Å². The molecule has 4 fully saturated rings. The molecule has 6 rings (SSSR count). The van der Waals surface area contributed by atoms with Gasteiger partial charge in [-0.3, -0.25) is 0 Å². The van der Waals surface area contributed by atoms with E-state index in [4.69, 9.17) is 0 Å². The number of aliphatic hydroxyl groups is 1. The van der Waals surface area contributed by atoms with Gasteiger partial charge in [-0.15, -0.1) is 0 Å². The van der Waals surface area contributed by atoms with Gasteiger partial charge in [0.05, 0.1) is 0 Å². The molecule has 0 saturated heterocycles. The third-order valence-corrected chi connectivity index (χ3v) is 12.1. The maximum Gasteiger partial charge on any atom is 0.115 e. The average molecular weight is 460 g/mol. The molecule has 8 unspecified atom stereocenters. The van der Waals surface area contributed by atoms with E-state index < -0.39 is 0 Å². The molecule has 0 bridgehead atoms. The van der Waals surface area contributed by atoms with Gasteiger partial charge in [0.25, 0.3) is 0 Å². The summed E-state index contributed by atoms with van der Waals surface area (Å²) in [6, 6.07) is 8.43. The van der Waals surface area contributed by atoms with E-state index in [-0.39, 0.29) is 5.76 Å². The van der Waals surface area contributed by atoms with Crippen molar-refractivity contribution in [2.45, 2.75) is 83.6 Å². The van der Waals surface area contributed by atoms with Gasteiger partial charge in [-0.05, 0) is 123 Å². The number of allylic oxidation sites excluding steroid dienone is 2. The van der Waals surface area contributed by atoms with E-state index in [9.17, 15) is 5.11 Å². The molecule has 5 aliphatic rings. The van der Waals surface area contributed by atoms with Crippen molar-refractivity contribution in [1.29, 1.82) is 0 Å². The standard InChI is InChI=1S/C32H45NO/c1-20-24(23-9-7-22(8-10-23)21(2)34)15-18-31(3)28(20)13-11-26-25-16-19-32(33-4)17-5-6-30(32)27(25)12-14-29(26)31/h7-10,15,20,25-30,33-34H,2,5-6,11-14,16-19H2,1,3-4H3/t20?,25?,26-,27?,28?,29?,30?,31?,32?/m0/s1. The van der Waals surface area contributed by atoms with E-state index in [1.54, 1.807) is 0 Å². The summed E-state index contributed by atoms with van der Waals surface area (Å²) in [6.45, 7) is 8.85. The summed E-state index contributed by atoms with van der Waals surface area (Å²) in [5.41, 5.74) is 4.63. The molecule has 2 heteroatoms. The summed E-state index contributed by atoms with van der Waals surface area (Å²) in [5.74, 6) is 6.35. The molecule has 0 radical (unpaired) electrons. The van der Waals surface area contributed by atoms with Gasteiger partial charge in [0.1, 0.15) is 5.76 Å². The van der Waals surface area contributed by atoms with E-state index in [0.717, 1.165) is 41.1 Å². The second-order valence-electron chi connectivity index (χ2n) is 13.0. The Bertz CT molecular complexity index is 977. The van der Waals surface area contributed by atoms with E-state index >= 15 is 0 Å². The van der Waals surface area contributed by atoms with Crippen molar-refractivity contribution >= 4 is 11.3 Å². The first-order valence-electron chi connectivity index (χ1n) is 14.3. The van der Waals surface area contributed by atoms with Gasteiger partial charge < -0.3 is 10.4 Å². The van der Waals surface area contributed by atoms with Crippen molar-refractivity contribution in [3.8, 4) is 0 Å². The number of fused-ring (bicyclic) bond motifs is 7. The van der Waals surface area contributed by atoms with Gasteiger partial charge in [0.2, 0.25) is 0 Å². The minimum Gasteiger partial charge on any atom is -0.508 e. The van der Waals surface area contributed by atoms with Crippen LogP contribution >= 0.6 is 0 Å². The summed E-state index contributed by atoms with van der Waals surface area (Å²) >= 11 is 0. The van der Waals surface area contributed by atoms with E-state index in [1.165, 1.54) is 75.3 Å². The van der Waals surface area contributed by atoms with Crippen LogP contribution in [0.25, 0.3) is 11.3 Å². The van der Waals surface area contributed by atoms with Gasteiger partial charge in [-0.2, -0.15) is 0 Å². The van der Waals surface area contributed by atoms with Crippen LogP contribution in [-0.4, -0.2) is 17.7 Å². The lowest BCUT2D eigenvalue weighted by Gasteiger charge is -2.62. The maximum atomic E-state index is 9.72. The largest absolute Gasteiger partial charge is 0.508 e. The van der Waals surface area contributed by atoms with Gasteiger partial charge in [-0.25, -0.2) is 0 Å². The topological polar surface area (TPSA) is 32.3 Å². The number of nitrogens with one attached hydrogen (secondary N) is 1. The SMILES string of the molecule is C=C(O)c1ccc(C2=CCC3(C)C(CC[C@H]4C5CCC6(NC)CCCC6C5CCC43)C2C)cc1. The first kappa shape index (κ1) is 22.9. The zero-order valence-corrected chi connectivity index (χ0v) is 21.7. The molecule has 0 aromatic heterocycles. The Labute approximate surface area is 207 Å². The van der Waals surface area contributed by atoms with Gasteiger partial charge in [-0.1, -0.05) is 57.2 Å². The summed E-state index contributed by atoms with van der Waals surface area (Å²) in [5, 5.41) is 13.6. The molecule has 184 valence electrons. The Morgan fingerprint density at radius 3 is 2.32 bits per heavy atom. The second kappa shape index (κ2) is 8.26. The predicted molar refractivity (Wildman–Crippen MR) is 142 cm³/mol. The van der Waals surface area contributed by atoms with Crippen molar-refractivity contribution < 1.29 is 5.11 Å². The molecule has 0 heterocycles. The zero-order valence-electron chi connectivity index (χ0n) is 21.7. The summed E-state index contributed by atoms with van der Waals surface area (Å²) in [4.78, 5) is 0. The van der Waals surface area contributed by atoms with Crippen LogP contribution in [0, 0.1) is 46.8 Å². The minimum atomic E-state index is 0.158. The lowest BCUT2D eigenvalue weighted by molar-refractivity contribution is -0.111. The van der Waals surface area contributed by atoms with Crippen LogP contribution in [0.15, 0.2) is 36.9 Å². The van der Waals surface area contributed by atoms with Crippen LogP contribution < -0.4 is 5.32 Å². The van der Waals surface area contributed by atoms with Crippen LogP contribution in [0.3, 0.4) is 0 Å².